The van der Waals surface area contributed by atoms with E-state index in [0.717, 1.165) is 23.7 Å². The monoisotopic (exact) mass is 285 g/mol. The first kappa shape index (κ1) is 13.1. The zero-order valence-electron chi connectivity index (χ0n) is 11.1. The van der Waals surface area contributed by atoms with E-state index >= 15 is 0 Å². The summed E-state index contributed by atoms with van der Waals surface area (Å²) in [6.45, 7) is 1.64. The molecule has 0 spiro atoms. The summed E-state index contributed by atoms with van der Waals surface area (Å²) in [6, 6.07) is 18.0. The maximum absolute atomic E-state index is 6.05. The molecule has 0 saturated heterocycles. The van der Waals surface area contributed by atoms with E-state index in [-0.39, 0.29) is 0 Å². The zero-order chi connectivity index (χ0) is 13.8. The molecule has 0 atom stereocenters. The van der Waals surface area contributed by atoms with E-state index in [4.69, 9.17) is 16.3 Å². The van der Waals surface area contributed by atoms with Crippen LogP contribution < -0.4 is 4.74 Å². The van der Waals surface area contributed by atoms with Gasteiger partial charge in [0.05, 0.1) is 6.61 Å². The van der Waals surface area contributed by atoms with Crippen molar-refractivity contribution in [3.63, 3.8) is 0 Å². The molecule has 0 aliphatic heterocycles. The fourth-order valence-corrected chi connectivity index (χ4v) is 2.46. The van der Waals surface area contributed by atoms with Crippen LogP contribution in [0.1, 0.15) is 6.42 Å². The summed E-state index contributed by atoms with van der Waals surface area (Å²) in [5, 5.41) is 2.00. The van der Waals surface area contributed by atoms with Gasteiger partial charge >= 0.3 is 0 Å². The lowest BCUT2D eigenvalue weighted by molar-refractivity contribution is 0.302. The van der Waals surface area contributed by atoms with Gasteiger partial charge in [0.25, 0.3) is 0 Å². The van der Waals surface area contributed by atoms with Gasteiger partial charge in [-0.3, -0.25) is 0 Å². The van der Waals surface area contributed by atoms with Gasteiger partial charge < -0.3 is 9.30 Å². The van der Waals surface area contributed by atoms with E-state index in [0.29, 0.717) is 6.61 Å². The van der Waals surface area contributed by atoms with Crippen molar-refractivity contribution < 1.29 is 4.74 Å². The predicted molar refractivity (Wildman–Crippen MR) is 83.5 cm³/mol. The first-order valence-corrected chi connectivity index (χ1v) is 7.13. The van der Waals surface area contributed by atoms with Gasteiger partial charge in [-0.05, 0) is 42.1 Å². The second-order valence-corrected chi connectivity index (χ2v) is 5.16. The van der Waals surface area contributed by atoms with Crippen LogP contribution in [0.3, 0.4) is 0 Å². The summed E-state index contributed by atoms with van der Waals surface area (Å²) < 4.78 is 7.92. The predicted octanol–water partition coefficient (Wildman–Crippen LogP) is 4.76. The normalized spacial score (nSPS) is 10.8. The van der Waals surface area contributed by atoms with Crippen molar-refractivity contribution in [1.82, 2.24) is 4.57 Å². The van der Waals surface area contributed by atoms with Gasteiger partial charge in [0.2, 0.25) is 0 Å². The van der Waals surface area contributed by atoms with Crippen molar-refractivity contribution in [3.8, 4) is 5.75 Å². The lowest BCUT2D eigenvalue weighted by Gasteiger charge is -2.08. The topological polar surface area (TPSA) is 14.2 Å². The fourth-order valence-electron chi connectivity index (χ4n) is 2.29. The molecule has 0 bridgehead atoms. The van der Waals surface area contributed by atoms with Crippen LogP contribution in [0.15, 0.2) is 60.8 Å². The molecule has 2 nitrogen and oxygen atoms in total. The van der Waals surface area contributed by atoms with Crippen LogP contribution in [0.4, 0.5) is 0 Å². The number of benzene rings is 2. The minimum Gasteiger partial charge on any atom is -0.494 e. The molecule has 2 aromatic carbocycles. The molecule has 0 radical (unpaired) electrons. The Hall–Kier alpha value is -1.93. The summed E-state index contributed by atoms with van der Waals surface area (Å²) in [4.78, 5) is 0. The average molecular weight is 286 g/mol. The number of aromatic nitrogens is 1. The first-order chi connectivity index (χ1) is 9.83. The Balaban J connectivity index is 1.59. The molecule has 0 N–H and O–H groups in total. The molecule has 0 saturated carbocycles. The molecule has 3 aromatic rings. The summed E-state index contributed by atoms with van der Waals surface area (Å²) in [6.07, 6.45) is 3.06. The Morgan fingerprint density at radius 2 is 1.85 bits per heavy atom. The third kappa shape index (κ3) is 2.97. The Labute approximate surface area is 123 Å². The number of hydrogen-bond acceptors (Lipinski definition) is 1. The number of ether oxygens (including phenoxy) is 1. The Bertz CT molecular complexity index is 691. The van der Waals surface area contributed by atoms with E-state index in [2.05, 4.69) is 22.9 Å². The van der Waals surface area contributed by atoms with Crippen molar-refractivity contribution >= 4 is 22.5 Å². The highest BCUT2D eigenvalue weighted by Gasteiger charge is 2.01. The molecule has 0 amide bonds. The van der Waals surface area contributed by atoms with Gasteiger partial charge in [-0.25, -0.2) is 0 Å². The standard InChI is InChI=1S/C17H16ClNO/c18-15-8-7-14-9-11-19(17(14)13-15)10-4-12-20-16-5-2-1-3-6-16/h1-3,5-9,11,13H,4,10,12H2. The zero-order valence-corrected chi connectivity index (χ0v) is 11.9. The number of hydrogen-bond donors (Lipinski definition) is 0. The van der Waals surface area contributed by atoms with Gasteiger partial charge in [-0.2, -0.15) is 0 Å². The quantitative estimate of drug-likeness (QED) is 0.616. The molecule has 3 heteroatoms. The third-order valence-electron chi connectivity index (χ3n) is 3.29. The lowest BCUT2D eigenvalue weighted by atomic mass is 10.2. The number of para-hydroxylation sites is 1. The van der Waals surface area contributed by atoms with E-state index in [1.165, 1.54) is 10.9 Å². The maximum atomic E-state index is 6.05. The van der Waals surface area contributed by atoms with Gasteiger partial charge in [0, 0.05) is 23.3 Å². The first-order valence-electron chi connectivity index (χ1n) is 6.75. The highest BCUT2D eigenvalue weighted by molar-refractivity contribution is 6.31. The van der Waals surface area contributed by atoms with E-state index in [9.17, 15) is 0 Å². The number of halogens is 1. The Kier molecular flexibility index (Phi) is 3.93. The molecular formula is C17H16ClNO. The third-order valence-corrected chi connectivity index (χ3v) is 3.53. The molecule has 20 heavy (non-hydrogen) atoms. The molecule has 1 aromatic heterocycles. The molecule has 0 aliphatic carbocycles. The van der Waals surface area contributed by atoms with Crippen LogP contribution in [-0.2, 0) is 6.54 Å². The van der Waals surface area contributed by atoms with Gasteiger partial charge in [-0.15, -0.1) is 0 Å². The smallest absolute Gasteiger partial charge is 0.119 e. The van der Waals surface area contributed by atoms with Crippen molar-refractivity contribution in [2.45, 2.75) is 13.0 Å². The van der Waals surface area contributed by atoms with Crippen LogP contribution in [0, 0.1) is 0 Å². The van der Waals surface area contributed by atoms with Crippen LogP contribution >= 0.6 is 11.6 Å². The summed E-state index contributed by atoms with van der Waals surface area (Å²) in [7, 11) is 0. The maximum Gasteiger partial charge on any atom is 0.119 e. The highest BCUT2D eigenvalue weighted by Crippen LogP contribution is 2.20. The van der Waals surface area contributed by atoms with Crippen molar-refractivity contribution in [1.29, 1.82) is 0 Å². The van der Waals surface area contributed by atoms with Crippen molar-refractivity contribution in [2.24, 2.45) is 0 Å². The van der Waals surface area contributed by atoms with E-state index < -0.39 is 0 Å². The average Bonchev–Trinajstić information content (AvgIpc) is 2.87. The van der Waals surface area contributed by atoms with Crippen molar-refractivity contribution in [3.05, 3.63) is 65.8 Å². The summed E-state index contributed by atoms with van der Waals surface area (Å²) in [5.41, 5.74) is 1.18. The van der Waals surface area contributed by atoms with Crippen LogP contribution in [0.2, 0.25) is 5.02 Å². The molecule has 0 unspecified atom stereocenters. The number of aryl methyl sites for hydroxylation is 1. The van der Waals surface area contributed by atoms with Gasteiger partial charge in [0.15, 0.2) is 0 Å². The number of nitrogens with zero attached hydrogens (tertiary/aromatic N) is 1. The largest absolute Gasteiger partial charge is 0.494 e. The molecule has 1 heterocycles. The van der Waals surface area contributed by atoms with Crippen molar-refractivity contribution in [2.75, 3.05) is 6.61 Å². The van der Waals surface area contributed by atoms with E-state index in [1.54, 1.807) is 0 Å². The van der Waals surface area contributed by atoms with Gasteiger partial charge in [-0.1, -0.05) is 35.9 Å². The van der Waals surface area contributed by atoms with Crippen LogP contribution in [0.25, 0.3) is 10.9 Å². The highest BCUT2D eigenvalue weighted by atomic mass is 35.5. The Morgan fingerprint density at radius 1 is 1.00 bits per heavy atom. The molecule has 3 rings (SSSR count). The lowest BCUT2D eigenvalue weighted by Crippen LogP contribution is -2.03. The second-order valence-electron chi connectivity index (χ2n) is 4.73. The second kappa shape index (κ2) is 6.02. The molecule has 102 valence electrons. The molecule has 0 fully saturated rings. The minimum absolute atomic E-state index is 0.713. The fraction of sp³-hybridized carbons (Fsp3) is 0.176. The number of rotatable bonds is 5. The minimum atomic E-state index is 0.713. The van der Waals surface area contributed by atoms with Gasteiger partial charge in [0.1, 0.15) is 5.75 Å². The van der Waals surface area contributed by atoms with Crippen LogP contribution in [-0.4, -0.2) is 11.2 Å². The summed E-state index contributed by atoms with van der Waals surface area (Å²) in [5.74, 6) is 0.924. The summed E-state index contributed by atoms with van der Waals surface area (Å²) >= 11 is 6.05. The number of fused-ring (bicyclic) bond motifs is 1. The van der Waals surface area contributed by atoms with E-state index in [1.807, 2.05) is 42.5 Å². The molecular weight excluding hydrogens is 270 g/mol. The molecule has 0 aliphatic rings. The van der Waals surface area contributed by atoms with Crippen LogP contribution in [0.5, 0.6) is 5.75 Å². The Morgan fingerprint density at radius 3 is 2.70 bits per heavy atom. The SMILES string of the molecule is Clc1ccc2ccn(CCCOc3ccccc3)c2c1.